The Bertz CT molecular complexity index is 1050. The number of ether oxygens (including phenoxy) is 1. The molecule has 0 saturated heterocycles. The van der Waals surface area contributed by atoms with Crippen LogP contribution in [0, 0.1) is 0 Å². The largest absolute Gasteiger partial charge is 0.495 e. The van der Waals surface area contributed by atoms with Crippen molar-refractivity contribution in [3.63, 3.8) is 0 Å². The lowest BCUT2D eigenvalue weighted by molar-refractivity contribution is -0.127. The van der Waals surface area contributed by atoms with Gasteiger partial charge in [0.15, 0.2) is 0 Å². The third-order valence-electron chi connectivity index (χ3n) is 4.71. The number of nitrogens with zero attached hydrogens (tertiary/aromatic N) is 1. The molecule has 3 aromatic rings. The summed E-state index contributed by atoms with van der Waals surface area (Å²) in [5.74, 6) is -1.14. The SMILES string of the molecule is COc1ccc(N(C(=O)C(F)Cl)C(C(=O)NCCc2ccccc2)c2cccs2)cc1Cl. The monoisotopic (exact) mass is 494 g/mol. The lowest BCUT2D eigenvalue weighted by atomic mass is 10.1. The summed E-state index contributed by atoms with van der Waals surface area (Å²) in [6, 6.07) is 16.5. The van der Waals surface area contributed by atoms with Crippen LogP contribution < -0.4 is 15.0 Å². The van der Waals surface area contributed by atoms with Crippen molar-refractivity contribution < 1.29 is 18.7 Å². The first-order valence-electron chi connectivity index (χ1n) is 9.72. The lowest BCUT2D eigenvalue weighted by Crippen LogP contribution is -2.46. The van der Waals surface area contributed by atoms with E-state index in [0.717, 1.165) is 10.5 Å². The summed E-state index contributed by atoms with van der Waals surface area (Å²) < 4.78 is 19.2. The van der Waals surface area contributed by atoms with Crippen LogP contribution in [0.4, 0.5) is 10.1 Å². The number of nitrogens with one attached hydrogen (secondary N) is 1. The van der Waals surface area contributed by atoms with E-state index in [4.69, 9.17) is 27.9 Å². The first-order valence-corrected chi connectivity index (χ1v) is 11.4. The molecule has 0 fully saturated rings. The Labute approximate surface area is 199 Å². The van der Waals surface area contributed by atoms with Gasteiger partial charge in [0.25, 0.3) is 11.5 Å². The van der Waals surface area contributed by atoms with Crippen molar-refractivity contribution in [1.82, 2.24) is 5.32 Å². The minimum atomic E-state index is -2.34. The van der Waals surface area contributed by atoms with Gasteiger partial charge in [-0.25, -0.2) is 4.39 Å². The molecule has 0 saturated carbocycles. The average molecular weight is 495 g/mol. The number of halogens is 3. The number of amides is 2. The van der Waals surface area contributed by atoms with Crippen LogP contribution in [0.1, 0.15) is 16.5 Å². The van der Waals surface area contributed by atoms with Crippen LogP contribution in [-0.2, 0) is 16.0 Å². The fraction of sp³-hybridized carbons (Fsp3) is 0.217. The maximum absolute atomic E-state index is 14.0. The van der Waals surface area contributed by atoms with Gasteiger partial charge >= 0.3 is 0 Å². The zero-order valence-corrected chi connectivity index (χ0v) is 19.5. The molecule has 0 spiro atoms. The number of carbonyl (C=O) groups is 2. The van der Waals surface area contributed by atoms with Crippen molar-refractivity contribution in [3.8, 4) is 5.75 Å². The highest BCUT2D eigenvalue weighted by Crippen LogP contribution is 2.36. The molecular weight excluding hydrogens is 474 g/mol. The molecule has 2 atom stereocenters. The standard InChI is InChI=1S/C23H21Cl2FN2O3S/c1-31-18-10-9-16(14-17(18)24)28(23(30)21(25)26)20(19-8-5-13-32-19)22(29)27-12-11-15-6-3-2-4-7-15/h2-10,13-14,20-21H,11-12H2,1H3,(H,27,29). The van der Waals surface area contributed by atoms with E-state index >= 15 is 0 Å². The molecule has 168 valence electrons. The highest BCUT2D eigenvalue weighted by atomic mass is 35.5. The summed E-state index contributed by atoms with van der Waals surface area (Å²) in [5, 5.41) is 4.84. The Balaban J connectivity index is 1.93. The Morgan fingerprint density at radius 1 is 1.16 bits per heavy atom. The molecule has 2 unspecified atom stereocenters. The van der Waals surface area contributed by atoms with Gasteiger partial charge in [0, 0.05) is 17.1 Å². The van der Waals surface area contributed by atoms with E-state index in [9.17, 15) is 14.0 Å². The molecule has 0 aliphatic heterocycles. The van der Waals surface area contributed by atoms with Gasteiger partial charge in [0.1, 0.15) is 11.8 Å². The molecule has 32 heavy (non-hydrogen) atoms. The second kappa shape index (κ2) is 11.3. The normalized spacial score (nSPS) is 12.6. The fourth-order valence-corrected chi connectivity index (χ4v) is 4.38. The Morgan fingerprint density at radius 3 is 2.50 bits per heavy atom. The summed E-state index contributed by atoms with van der Waals surface area (Å²) in [4.78, 5) is 27.7. The predicted octanol–water partition coefficient (Wildman–Crippen LogP) is 5.38. The predicted molar refractivity (Wildman–Crippen MR) is 126 cm³/mol. The Hall–Kier alpha value is -2.61. The number of rotatable bonds is 9. The number of hydrogen-bond donors (Lipinski definition) is 1. The number of anilines is 1. The maximum atomic E-state index is 14.0. The number of methoxy groups -OCH3 is 1. The van der Waals surface area contributed by atoms with E-state index in [0.29, 0.717) is 23.6 Å². The van der Waals surface area contributed by atoms with E-state index < -0.39 is 23.5 Å². The van der Waals surface area contributed by atoms with Crippen LogP contribution in [0.25, 0.3) is 0 Å². The van der Waals surface area contributed by atoms with Crippen molar-refractivity contribution in [3.05, 3.63) is 81.5 Å². The Morgan fingerprint density at radius 2 is 1.91 bits per heavy atom. The first kappa shape index (κ1) is 24.0. The van der Waals surface area contributed by atoms with Crippen molar-refractivity contribution in [2.24, 2.45) is 0 Å². The molecular formula is C23H21Cl2FN2O3S. The third-order valence-corrected chi connectivity index (χ3v) is 6.12. The van der Waals surface area contributed by atoms with E-state index in [-0.39, 0.29) is 10.7 Å². The number of alkyl halides is 2. The van der Waals surface area contributed by atoms with Crippen molar-refractivity contribution in [2.45, 2.75) is 18.1 Å². The lowest BCUT2D eigenvalue weighted by Gasteiger charge is -2.31. The van der Waals surface area contributed by atoms with Crippen LogP contribution in [0.5, 0.6) is 5.75 Å². The molecule has 1 heterocycles. The second-order valence-corrected chi connectivity index (χ2v) is 8.54. The molecule has 0 aliphatic rings. The van der Waals surface area contributed by atoms with Gasteiger partial charge in [-0.3, -0.25) is 14.5 Å². The van der Waals surface area contributed by atoms with E-state index in [1.807, 2.05) is 30.3 Å². The van der Waals surface area contributed by atoms with Crippen LogP contribution in [0.3, 0.4) is 0 Å². The molecule has 0 radical (unpaired) electrons. The third kappa shape index (κ3) is 5.79. The van der Waals surface area contributed by atoms with Crippen molar-refractivity contribution in [2.75, 3.05) is 18.6 Å². The number of benzene rings is 2. The quantitative estimate of drug-likeness (QED) is 0.406. The van der Waals surface area contributed by atoms with Crippen LogP contribution in [0.15, 0.2) is 66.0 Å². The molecule has 1 aromatic heterocycles. The summed E-state index contributed by atoms with van der Waals surface area (Å²) >= 11 is 13.0. The van der Waals surface area contributed by atoms with Gasteiger partial charge in [-0.2, -0.15) is 0 Å². The van der Waals surface area contributed by atoms with Crippen LogP contribution in [-0.4, -0.2) is 31.1 Å². The Kier molecular flexibility index (Phi) is 8.50. The summed E-state index contributed by atoms with van der Waals surface area (Å²) in [5.41, 5.74) is -1.06. The van der Waals surface area contributed by atoms with Gasteiger partial charge in [-0.15, -0.1) is 11.3 Å². The van der Waals surface area contributed by atoms with Crippen molar-refractivity contribution in [1.29, 1.82) is 0 Å². The highest BCUT2D eigenvalue weighted by Gasteiger charge is 2.36. The average Bonchev–Trinajstić information content (AvgIpc) is 3.31. The van der Waals surface area contributed by atoms with Gasteiger partial charge in [0.05, 0.1) is 12.1 Å². The van der Waals surface area contributed by atoms with E-state index in [1.165, 1.54) is 36.6 Å². The van der Waals surface area contributed by atoms with Gasteiger partial charge < -0.3 is 10.1 Å². The molecule has 1 N–H and O–H groups in total. The number of carbonyl (C=O) groups excluding carboxylic acids is 2. The summed E-state index contributed by atoms with van der Waals surface area (Å²) in [7, 11) is 1.45. The topological polar surface area (TPSA) is 58.6 Å². The molecule has 0 bridgehead atoms. The maximum Gasteiger partial charge on any atom is 0.278 e. The molecule has 5 nitrogen and oxygen atoms in total. The molecule has 2 amide bonds. The molecule has 3 rings (SSSR count). The molecule has 2 aromatic carbocycles. The molecule has 9 heteroatoms. The minimum Gasteiger partial charge on any atom is -0.495 e. The van der Waals surface area contributed by atoms with E-state index in [1.54, 1.807) is 17.5 Å². The number of thiophene rings is 1. The fourth-order valence-electron chi connectivity index (χ4n) is 3.21. The zero-order valence-electron chi connectivity index (χ0n) is 17.1. The van der Waals surface area contributed by atoms with Gasteiger partial charge in [-0.1, -0.05) is 59.6 Å². The minimum absolute atomic E-state index is 0.210. The highest BCUT2D eigenvalue weighted by molar-refractivity contribution is 7.10. The van der Waals surface area contributed by atoms with Crippen LogP contribution >= 0.6 is 34.5 Å². The van der Waals surface area contributed by atoms with Crippen LogP contribution in [0.2, 0.25) is 5.02 Å². The first-order chi connectivity index (χ1) is 15.4. The summed E-state index contributed by atoms with van der Waals surface area (Å²) in [6.45, 7) is 0.343. The van der Waals surface area contributed by atoms with E-state index in [2.05, 4.69) is 5.32 Å². The number of hydrogen-bond acceptors (Lipinski definition) is 4. The van der Waals surface area contributed by atoms with Gasteiger partial charge in [-0.05, 0) is 41.6 Å². The molecule has 0 aliphatic carbocycles. The zero-order chi connectivity index (χ0) is 23.1. The smallest absolute Gasteiger partial charge is 0.278 e. The van der Waals surface area contributed by atoms with Gasteiger partial charge in [0.2, 0.25) is 5.91 Å². The summed E-state index contributed by atoms with van der Waals surface area (Å²) in [6.07, 6.45) is 0.604. The second-order valence-electron chi connectivity index (χ2n) is 6.77. The van der Waals surface area contributed by atoms with Crippen molar-refractivity contribution >= 4 is 52.0 Å².